The quantitative estimate of drug-likeness (QED) is 0.658. The molecule has 0 bridgehead atoms. The second-order valence-electron chi connectivity index (χ2n) is 6.02. The lowest BCUT2D eigenvalue weighted by molar-refractivity contribution is 0.316. The van der Waals surface area contributed by atoms with Crippen molar-refractivity contribution in [2.75, 3.05) is 26.7 Å². The average Bonchev–Trinajstić information content (AvgIpc) is 2.40. The molecule has 3 heteroatoms. The Morgan fingerprint density at radius 2 is 1.80 bits per heavy atom. The lowest BCUT2D eigenvalue weighted by atomic mass is 10.2. The summed E-state index contributed by atoms with van der Waals surface area (Å²) >= 11 is 0. The van der Waals surface area contributed by atoms with Gasteiger partial charge in [-0.1, -0.05) is 32.4 Å². The van der Waals surface area contributed by atoms with Crippen LogP contribution in [-0.2, 0) is 6.54 Å². The fourth-order valence-electron chi connectivity index (χ4n) is 2.18. The van der Waals surface area contributed by atoms with Gasteiger partial charge in [-0.25, -0.2) is 4.39 Å². The van der Waals surface area contributed by atoms with Gasteiger partial charge in [0.2, 0.25) is 0 Å². The summed E-state index contributed by atoms with van der Waals surface area (Å²) in [6, 6.07) is 6.79. The van der Waals surface area contributed by atoms with Gasteiger partial charge in [-0.3, -0.25) is 0 Å². The Morgan fingerprint density at radius 1 is 1.10 bits per heavy atom. The molecule has 0 heterocycles. The highest BCUT2D eigenvalue weighted by molar-refractivity contribution is 5.15. The Bertz CT molecular complexity index is 349. The van der Waals surface area contributed by atoms with Crippen molar-refractivity contribution >= 4 is 0 Å². The van der Waals surface area contributed by atoms with Crippen LogP contribution in [0.3, 0.4) is 0 Å². The molecule has 1 rings (SSSR count). The molecule has 0 saturated carbocycles. The van der Waals surface area contributed by atoms with Crippen molar-refractivity contribution in [3.63, 3.8) is 0 Å². The Balaban J connectivity index is 2.03. The molecule has 2 nitrogen and oxygen atoms in total. The molecule has 0 fully saturated rings. The Kier molecular flexibility index (Phi) is 8.47. The summed E-state index contributed by atoms with van der Waals surface area (Å²) in [5.41, 5.74) is 1.17. The first-order chi connectivity index (χ1) is 9.58. The number of rotatable bonds is 10. The molecule has 0 radical (unpaired) electrons. The van der Waals surface area contributed by atoms with Gasteiger partial charge in [-0.15, -0.1) is 0 Å². The second kappa shape index (κ2) is 9.89. The van der Waals surface area contributed by atoms with Gasteiger partial charge in [-0.2, -0.15) is 0 Å². The summed E-state index contributed by atoms with van der Waals surface area (Å²) in [7, 11) is 2.13. The highest BCUT2D eigenvalue weighted by Gasteiger charge is 2.01. The number of halogens is 1. The molecule has 1 aromatic rings. The van der Waals surface area contributed by atoms with Crippen LogP contribution in [0.15, 0.2) is 24.3 Å². The van der Waals surface area contributed by atoms with E-state index in [1.54, 1.807) is 0 Å². The van der Waals surface area contributed by atoms with E-state index in [-0.39, 0.29) is 5.82 Å². The van der Waals surface area contributed by atoms with Crippen LogP contribution in [0.25, 0.3) is 0 Å². The SMILES string of the molecule is CC(C)CNCCCCCN(C)Cc1ccc(F)cc1. The van der Waals surface area contributed by atoms with E-state index in [0.717, 1.165) is 32.1 Å². The molecule has 1 N–H and O–H groups in total. The summed E-state index contributed by atoms with van der Waals surface area (Å²) < 4.78 is 12.8. The average molecular weight is 280 g/mol. The molecule has 0 unspecified atom stereocenters. The van der Waals surface area contributed by atoms with Crippen molar-refractivity contribution in [3.05, 3.63) is 35.6 Å². The zero-order valence-corrected chi connectivity index (χ0v) is 13.2. The minimum absolute atomic E-state index is 0.162. The number of unbranched alkanes of at least 4 members (excludes halogenated alkanes) is 2. The maximum absolute atomic E-state index is 12.8. The number of hydrogen-bond acceptors (Lipinski definition) is 2. The van der Waals surface area contributed by atoms with Crippen LogP contribution in [0, 0.1) is 11.7 Å². The van der Waals surface area contributed by atoms with E-state index < -0.39 is 0 Å². The van der Waals surface area contributed by atoms with E-state index in [2.05, 4.69) is 31.1 Å². The highest BCUT2D eigenvalue weighted by Crippen LogP contribution is 2.06. The van der Waals surface area contributed by atoms with Crippen LogP contribution in [-0.4, -0.2) is 31.6 Å². The molecule has 0 spiro atoms. The predicted octanol–water partition coefficient (Wildman–Crippen LogP) is 3.67. The zero-order valence-electron chi connectivity index (χ0n) is 13.2. The Morgan fingerprint density at radius 3 is 2.45 bits per heavy atom. The number of nitrogens with one attached hydrogen (secondary N) is 1. The van der Waals surface area contributed by atoms with E-state index in [1.165, 1.54) is 37.0 Å². The Labute approximate surface area is 123 Å². The lowest BCUT2D eigenvalue weighted by Gasteiger charge is -2.16. The van der Waals surface area contributed by atoms with Crippen molar-refractivity contribution in [1.29, 1.82) is 0 Å². The van der Waals surface area contributed by atoms with Crippen LogP contribution in [0.5, 0.6) is 0 Å². The third-order valence-corrected chi connectivity index (χ3v) is 3.31. The molecule has 20 heavy (non-hydrogen) atoms. The maximum atomic E-state index is 12.8. The highest BCUT2D eigenvalue weighted by atomic mass is 19.1. The molecule has 0 saturated heterocycles. The van der Waals surface area contributed by atoms with Gasteiger partial charge in [0.1, 0.15) is 5.82 Å². The van der Waals surface area contributed by atoms with Gasteiger partial charge in [0, 0.05) is 6.54 Å². The Hall–Kier alpha value is -0.930. The predicted molar refractivity (Wildman–Crippen MR) is 84.3 cm³/mol. The van der Waals surface area contributed by atoms with E-state index in [0.29, 0.717) is 0 Å². The summed E-state index contributed by atoms with van der Waals surface area (Å²) in [6.45, 7) is 8.70. The largest absolute Gasteiger partial charge is 0.316 e. The molecule has 0 aliphatic carbocycles. The standard InChI is InChI=1S/C17H29FN2/c1-15(2)13-19-11-5-4-6-12-20(3)14-16-7-9-17(18)10-8-16/h7-10,15,19H,4-6,11-14H2,1-3H3. The summed E-state index contributed by atoms with van der Waals surface area (Å²) in [6.07, 6.45) is 3.73. The second-order valence-corrected chi connectivity index (χ2v) is 6.02. The van der Waals surface area contributed by atoms with Crippen molar-refractivity contribution < 1.29 is 4.39 Å². The van der Waals surface area contributed by atoms with Crippen molar-refractivity contribution in [2.45, 2.75) is 39.7 Å². The third kappa shape index (κ3) is 8.28. The summed E-state index contributed by atoms with van der Waals surface area (Å²) in [5.74, 6) is 0.571. The van der Waals surface area contributed by atoms with E-state index in [1.807, 2.05) is 12.1 Å². The lowest BCUT2D eigenvalue weighted by Crippen LogP contribution is -2.21. The molecule has 0 aromatic heterocycles. The van der Waals surface area contributed by atoms with E-state index >= 15 is 0 Å². The van der Waals surface area contributed by atoms with Crippen LogP contribution >= 0.6 is 0 Å². The number of nitrogens with zero attached hydrogens (tertiary/aromatic N) is 1. The first-order valence-corrected chi connectivity index (χ1v) is 7.71. The maximum Gasteiger partial charge on any atom is 0.123 e. The summed E-state index contributed by atoms with van der Waals surface area (Å²) in [4.78, 5) is 2.30. The summed E-state index contributed by atoms with van der Waals surface area (Å²) in [5, 5.41) is 3.47. The van der Waals surface area contributed by atoms with Crippen LogP contribution in [0.4, 0.5) is 4.39 Å². The number of benzene rings is 1. The molecule has 0 aliphatic rings. The molecule has 0 amide bonds. The first kappa shape index (κ1) is 17.1. The van der Waals surface area contributed by atoms with E-state index in [9.17, 15) is 4.39 Å². The topological polar surface area (TPSA) is 15.3 Å². The van der Waals surface area contributed by atoms with Gasteiger partial charge < -0.3 is 10.2 Å². The normalized spacial score (nSPS) is 11.5. The van der Waals surface area contributed by atoms with Crippen molar-refractivity contribution in [1.82, 2.24) is 10.2 Å². The fraction of sp³-hybridized carbons (Fsp3) is 0.647. The monoisotopic (exact) mass is 280 g/mol. The molecule has 0 atom stereocenters. The first-order valence-electron chi connectivity index (χ1n) is 7.71. The minimum Gasteiger partial charge on any atom is -0.316 e. The molecular weight excluding hydrogens is 251 g/mol. The molecule has 1 aromatic carbocycles. The van der Waals surface area contributed by atoms with Crippen LogP contribution < -0.4 is 5.32 Å². The van der Waals surface area contributed by atoms with Gasteiger partial charge >= 0.3 is 0 Å². The van der Waals surface area contributed by atoms with Gasteiger partial charge in [0.15, 0.2) is 0 Å². The molecule has 0 aliphatic heterocycles. The molecular formula is C17H29FN2. The van der Waals surface area contributed by atoms with Crippen molar-refractivity contribution in [2.24, 2.45) is 5.92 Å². The van der Waals surface area contributed by atoms with Gasteiger partial charge in [0.05, 0.1) is 0 Å². The van der Waals surface area contributed by atoms with Gasteiger partial charge in [0.25, 0.3) is 0 Å². The van der Waals surface area contributed by atoms with Crippen molar-refractivity contribution in [3.8, 4) is 0 Å². The number of hydrogen-bond donors (Lipinski definition) is 1. The molecule has 114 valence electrons. The minimum atomic E-state index is -0.162. The van der Waals surface area contributed by atoms with E-state index in [4.69, 9.17) is 0 Å². The van der Waals surface area contributed by atoms with Crippen LogP contribution in [0.2, 0.25) is 0 Å². The smallest absolute Gasteiger partial charge is 0.123 e. The van der Waals surface area contributed by atoms with Gasteiger partial charge in [-0.05, 0) is 63.1 Å². The fourth-order valence-corrected chi connectivity index (χ4v) is 2.18. The zero-order chi connectivity index (χ0) is 14.8. The third-order valence-electron chi connectivity index (χ3n) is 3.31. The van der Waals surface area contributed by atoms with Crippen LogP contribution in [0.1, 0.15) is 38.7 Å².